The first-order chi connectivity index (χ1) is 11.5. The molecule has 0 aliphatic carbocycles. The van der Waals surface area contributed by atoms with Gasteiger partial charge in [-0.05, 0) is 30.7 Å². The van der Waals surface area contributed by atoms with Crippen LogP contribution in [0.1, 0.15) is 35.7 Å². The number of carboxylic acid groups (broad SMARTS) is 1. The van der Waals surface area contributed by atoms with Crippen LogP contribution in [0.15, 0.2) is 24.3 Å². The molecule has 1 rings (SSSR count). The van der Waals surface area contributed by atoms with Crippen molar-refractivity contribution in [1.29, 1.82) is 0 Å². The minimum absolute atomic E-state index is 0.280. The third kappa shape index (κ3) is 6.37. The Morgan fingerprint density at radius 1 is 1.21 bits per heavy atom. The number of amides is 3. The van der Waals surface area contributed by atoms with Crippen molar-refractivity contribution in [2.75, 3.05) is 6.54 Å². The second-order valence-electron chi connectivity index (χ2n) is 4.82. The van der Waals surface area contributed by atoms with Gasteiger partial charge >= 0.3 is 6.09 Å². The Kier molecular flexibility index (Phi) is 7.81. The fraction of sp³-hybridized carbons (Fsp3) is 0.312. The Balaban J connectivity index is 2.74. The quantitative estimate of drug-likeness (QED) is 0.298. The minimum Gasteiger partial charge on any atom is -0.465 e. The normalized spacial score (nSPS) is 10.8. The minimum atomic E-state index is -1.35. The molecule has 5 N–H and O–H groups in total. The summed E-state index contributed by atoms with van der Waals surface area (Å²) in [4.78, 5) is 34.1. The summed E-state index contributed by atoms with van der Waals surface area (Å²) >= 11 is 0. The first kappa shape index (κ1) is 19.0. The second-order valence-corrected chi connectivity index (χ2v) is 4.82. The topological polar surface area (TPSA) is 128 Å². The maximum Gasteiger partial charge on any atom is 0.404 e. The smallest absolute Gasteiger partial charge is 0.404 e. The Hall–Kier alpha value is -3.05. The van der Waals surface area contributed by atoms with Gasteiger partial charge in [-0.15, -0.1) is 0 Å². The van der Waals surface area contributed by atoms with Crippen LogP contribution < -0.4 is 16.1 Å². The molecule has 0 saturated heterocycles. The van der Waals surface area contributed by atoms with Crippen LogP contribution in [0.25, 0.3) is 0 Å². The van der Waals surface area contributed by atoms with Crippen molar-refractivity contribution >= 4 is 17.9 Å². The summed E-state index contributed by atoms with van der Waals surface area (Å²) in [6, 6.07) is 5.19. The van der Waals surface area contributed by atoms with Gasteiger partial charge in [-0.3, -0.25) is 14.8 Å². The van der Waals surface area contributed by atoms with E-state index in [4.69, 9.17) is 10.3 Å². The Morgan fingerprint density at radius 2 is 1.88 bits per heavy atom. The predicted octanol–water partition coefficient (Wildman–Crippen LogP) is 0.710. The van der Waals surface area contributed by atoms with Gasteiger partial charge < -0.3 is 15.7 Å². The molecule has 0 aromatic heterocycles. The van der Waals surface area contributed by atoms with Gasteiger partial charge in [0.2, 0.25) is 0 Å². The van der Waals surface area contributed by atoms with Crippen LogP contribution in [0.4, 0.5) is 4.79 Å². The fourth-order valence-corrected chi connectivity index (χ4v) is 1.71. The average molecular weight is 333 g/mol. The maximum atomic E-state index is 12.1. The van der Waals surface area contributed by atoms with Gasteiger partial charge in [0.1, 0.15) is 6.04 Å². The lowest BCUT2D eigenvalue weighted by Gasteiger charge is -2.16. The van der Waals surface area contributed by atoms with E-state index in [9.17, 15) is 14.4 Å². The summed E-state index contributed by atoms with van der Waals surface area (Å²) in [5.74, 6) is 4.43. The van der Waals surface area contributed by atoms with Crippen molar-refractivity contribution in [3.8, 4) is 11.8 Å². The lowest BCUT2D eigenvalue weighted by Crippen LogP contribution is -2.51. The molecule has 1 unspecified atom stereocenters. The standard InChI is InChI=1S/C16H19N3O5/c1-2-3-4-5-11-6-8-12(9-7-11)14(20)18-13(15(21)19-24)10-17-16(22)23/h6-9,13,17,24H,2-3,10H2,1H3,(H,18,20)(H,19,21)(H,22,23). The van der Waals surface area contributed by atoms with Crippen molar-refractivity contribution < 1.29 is 24.7 Å². The molecule has 0 spiro atoms. The molecular weight excluding hydrogens is 314 g/mol. The van der Waals surface area contributed by atoms with Gasteiger partial charge in [-0.25, -0.2) is 10.3 Å². The van der Waals surface area contributed by atoms with Gasteiger partial charge in [0.25, 0.3) is 11.8 Å². The van der Waals surface area contributed by atoms with E-state index in [1.165, 1.54) is 5.48 Å². The predicted molar refractivity (Wildman–Crippen MR) is 85.4 cm³/mol. The number of nitrogens with one attached hydrogen (secondary N) is 3. The summed E-state index contributed by atoms with van der Waals surface area (Å²) in [7, 11) is 0. The fourth-order valence-electron chi connectivity index (χ4n) is 1.71. The molecule has 1 atom stereocenters. The first-order valence-electron chi connectivity index (χ1n) is 7.28. The van der Waals surface area contributed by atoms with Crippen LogP contribution in [0, 0.1) is 11.8 Å². The molecule has 0 saturated carbocycles. The summed E-state index contributed by atoms with van der Waals surface area (Å²) in [6.07, 6.45) is 0.401. The molecule has 1 aromatic rings. The summed E-state index contributed by atoms with van der Waals surface area (Å²) in [6.45, 7) is 1.65. The largest absolute Gasteiger partial charge is 0.465 e. The first-order valence-corrected chi connectivity index (χ1v) is 7.28. The van der Waals surface area contributed by atoms with Crippen molar-refractivity contribution in [3.05, 3.63) is 35.4 Å². The molecule has 0 fully saturated rings. The van der Waals surface area contributed by atoms with E-state index in [1.807, 2.05) is 12.2 Å². The number of hydrogen-bond donors (Lipinski definition) is 5. The SMILES string of the molecule is CCCC#Cc1ccc(C(=O)NC(CNC(=O)O)C(=O)NO)cc1. The van der Waals surface area contributed by atoms with Crippen molar-refractivity contribution in [1.82, 2.24) is 16.1 Å². The van der Waals surface area contributed by atoms with Crippen LogP contribution in [0.5, 0.6) is 0 Å². The van der Waals surface area contributed by atoms with E-state index in [1.54, 1.807) is 24.3 Å². The number of hydroxylamine groups is 1. The molecule has 8 heteroatoms. The van der Waals surface area contributed by atoms with Crippen LogP contribution in [0.2, 0.25) is 0 Å². The zero-order valence-corrected chi connectivity index (χ0v) is 13.1. The van der Waals surface area contributed by atoms with Crippen molar-refractivity contribution in [2.45, 2.75) is 25.8 Å². The highest BCUT2D eigenvalue weighted by molar-refractivity contribution is 5.97. The van der Waals surface area contributed by atoms with Gasteiger partial charge in [0.05, 0.1) is 6.54 Å². The highest BCUT2D eigenvalue weighted by atomic mass is 16.5. The van der Waals surface area contributed by atoms with Crippen LogP contribution in [-0.4, -0.2) is 40.8 Å². The highest BCUT2D eigenvalue weighted by Crippen LogP contribution is 2.04. The lowest BCUT2D eigenvalue weighted by atomic mass is 10.1. The number of hydrogen-bond acceptors (Lipinski definition) is 4. The van der Waals surface area contributed by atoms with E-state index in [-0.39, 0.29) is 12.1 Å². The number of rotatable bonds is 6. The molecule has 8 nitrogen and oxygen atoms in total. The van der Waals surface area contributed by atoms with Crippen LogP contribution >= 0.6 is 0 Å². The molecule has 0 aliphatic rings. The molecular formula is C16H19N3O5. The molecule has 1 aromatic carbocycles. The maximum absolute atomic E-state index is 12.1. The number of unbranched alkanes of at least 4 members (excludes halogenated alkanes) is 1. The molecule has 0 bridgehead atoms. The van der Waals surface area contributed by atoms with Crippen molar-refractivity contribution in [3.63, 3.8) is 0 Å². The lowest BCUT2D eigenvalue weighted by molar-refractivity contribution is -0.131. The summed E-state index contributed by atoms with van der Waals surface area (Å²) in [5.41, 5.74) is 2.42. The second kappa shape index (κ2) is 9.86. The average Bonchev–Trinajstić information content (AvgIpc) is 2.58. The molecule has 3 amide bonds. The van der Waals surface area contributed by atoms with E-state index >= 15 is 0 Å². The zero-order valence-electron chi connectivity index (χ0n) is 13.1. The Bertz CT molecular complexity index is 646. The monoisotopic (exact) mass is 333 g/mol. The molecule has 128 valence electrons. The van der Waals surface area contributed by atoms with Crippen LogP contribution in [0.3, 0.4) is 0 Å². The zero-order chi connectivity index (χ0) is 17.9. The van der Waals surface area contributed by atoms with Gasteiger partial charge in [0.15, 0.2) is 0 Å². The van der Waals surface area contributed by atoms with E-state index < -0.39 is 23.9 Å². The summed E-state index contributed by atoms with van der Waals surface area (Å²) in [5, 5.41) is 21.5. The van der Waals surface area contributed by atoms with E-state index in [0.29, 0.717) is 0 Å². The molecule has 0 heterocycles. The molecule has 0 aliphatic heterocycles. The Morgan fingerprint density at radius 3 is 2.42 bits per heavy atom. The van der Waals surface area contributed by atoms with Crippen molar-refractivity contribution in [2.24, 2.45) is 0 Å². The Labute approximate surface area is 139 Å². The number of benzene rings is 1. The number of carbonyl (C=O) groups excluding carboxylic acids is 2. The third-order valence-electron chi connectivity index (χ3n) is 2.94. The van der Waals surface area contributed by atoms with E-state index in [0.717, 1.165) is 18.4 Å². The molecule has 0 radical (unpaired) electrons. The van der Waals surface area contributed by atoms with Gasteiger partial charge in [-0.2, -0.15) is 0 Å². The van der Waals surface area contributed by atoms with E-state index in [2.05, 4.69) is 17.2 Å². The van der Waals surface area contributed by atoms with Gasteiger partial charge in [0, 0.05) is 17.5 Å². The van der Waals surface area contributed by atoms with Gasteiger partial charge in [-0.1, -0.05) is 18.8 Å². The summed E-state index contributed by atoms with van der Waals surface area (Å²) < 4.78 is 0. The van der Waals surface area contributed by atoms with Crippen LogP contribution in [-0.2, 0) is 4.79 Å². The highest BCUT2D eigenvalue weighted by Gasteiger charge is 2.21. The third-order valence-corrected chi connectivity index (χ3v) is 2.94. The number of carbonyl (C=O) groups is 3. The molecule has 24 heavy (non-hydrogen) atoms.